The molecule has 0 radical (unpaired) electrons. The summed E-state index contributed by atoms with van der Waals surface area (Å²) in [6.45, 7) is 2.59. The third-order valence-corrected chi connectivity index (χ3v) is 2.95. The number of carboxylic acids is 1. The molecule has 0 aliphatic carbocycles. The average Bonchev–Trinajstić information content (AvgIpc) is 2.93. The molecule has 112 valence electrons. The van der Waals surface area contributed by atoms with Gasteiger partial charge in [-0.2, -0.15) is 0 Å². The number of pyridine rings is 1. The predicted octanol–water partition coefficient (Wildman–Crippen LogP) is 1.73. The van der Waals surface area contributed by atoms with Crippen molar-refractivity contribution in [3.63, 3.8) is 0 Å². The van der Waals surface area contributed by atoms with Crippen molar-refractivity contribution in [1.82, 2.24) is 15.0 Å². The Balaban J connectivity index is 2.28. The van der Waals surface area contributed by atoms with Gasteiger partial charge in [-0.05, 0) is 26.1 Å². The second-order valence-electron chi connectivity index (χ2n) is 4.48. The molecule has 2 aromatic rings. The van der Waals surface area contributed by atoms with Gasteiger partial charge >= 0.3 is 5.97 Å². The van der Waals surface area contributed by atoms with Crippen molar-refractivity contribution in [2.45, 2.75) is 19.5 Å². The van der Waals surface area contributed by atoms with E-state index in [0.717, 1.165) is 0 Å². The van der Waals surface area contributed by atoms with Crippen molar-refractivity contribution < 1.29 is 19.2 Å². The lowest BCUT2D eigenvalue weighted by atomic mass is 10.1. The molecule has 2 heterocycles. The third kappa shape index (κ3) is 3.57. The summed E-state index contributed by atoms with van der Waals surface area (Å²) in [6.07, 6.45) is 3.03. The van der Waals surface area contributed by atoms with Gasteiger partial charge in [0.15, 0.2) is 0 Å². The van der Waals surface area contributed by atoms with Crippen molar-refractivity contribution in [3.8, 4) is 5.88 Å². The van der Waals surface area contributed by atoms with Gasteiger partial charge in [0.1, 0.15) is 12.3 Å². The molecule has 2 aromatic heterocycles. The summed E-state index contributed by atoms with van der Waals surface area (Å²) in [5.74, 6) is -0.644. The molecule has 0 fully saturated rings. The molecule has 0 bridgehead atoms. The van der Waals surface area contributed by atoms with E-state index in [-0.39, 0.29) is 0 Å². The number of aromatic nitrogens is 2. The van der Waals surface area contributed by atoms with Crippen LogP contribution in [-0.4, -0.2) is 39.8 Å². The summed E-state index contributed by atoms with van der Waals surface area (Å²) >= 11 is 0. The summed E-state index contributed by atoms with van der Waals surface area (Å²) in [5.41, 5.74) is 1.17. The summed E-state index contributed by atoms with van der Waals surface area (Å²) in [5, 5.41) is 13.3. The number of carboxylic acid groups (broad SMARTS) is 1. The SMILES string of the molecule is CCOc1ncccc1C(C(=O)O)N(C)Cc1ccon1. The van der Waals surface area contributed by atoms with Crippen molar-refractivity contribution in [2.75, 3.05) is 13.7 Å². The molecular formula is C14H17N3O4. The van der Waals surface area contributed by atoms with Gasteiger partial charge in [0.25, 0.3) is 0 Å². The second-order valence-corrected chi connectivity index (χ2v) is 4.48. The van der Waals surface area contributed by atoms with Gasteiger partial charge in [-0.15, -0.1) is 0 Å². The fourth-order valence-corrected chi connectivity index (χ4v) is 2.09. The topological polar surface area (TPSA) is 88.7 Å². The molecule has 0 saturated carbocycles. The van der Waals surface area contributed by atoms with Crippen LogP contribution in [0.15, 0.2) is 35.2 Å². The first-order chi connectivity index (χ1) is 10.1. The molecule has 21 heavy (non-hydrogen) atoms. The minimum absolute atomic E-state index is 0.333. The first kappa shape index (κ1) is 15.0. The number of nitrogens with zero attached hydrogens (tertiary/aromatic N) is 3. The lowest BCUT2D eigenvalue weighted by Crippen LogP contribution is -2.31. The van der Waals surface area contributed by atoms with Gasteiger partial charge in [0, 0.05) is 24.4 Å². The molecule has 0 aliphatic rings. The molecule has 0 spiro atoms. The van der Waals surface area contributed by atoms with Crippen LogP contribution in [-0.2, 0) is 11.3 Å². The van der Waals surface area contributed by atoms with E-state index < -0.39 is 12.0 Å². The monoisotopic (exact) mass is 291 g/mol. The van der Waals surface area contributed by atoms with Crippen LogP contribution in [0.1, 0.15) is 24.2 Å². The minimum atomic E-state index is -0.977. The Morgan fingerprint density at radius 2 is 2.33 bits per heavy atom. The molecule has 1 N–H and O–H groups in total. The third-order valence-electron chi connectivity index (χ3n) is 2.95. The number of aliphatic carboxylic acids is 1. The van der Waals surface area contributed by atoms with E-state index in [0.29, 0.717) is 30.3 Å². The Bertz CT molecular complexity index is 586. The van der Waals surface area contributed by atoms with E-state index in [9.17, 15) is 9.90 Å². The molecule has 0 amide bonds. The number of ether oxygens (including phenoxy) is 1. The van der Waals surface area contributed by atoms with Gasteiger partial charge in [-0.1, -0.05) is 5.16 Å². The first-order valence-corrected chi connectivity index (χ1v) is 6.53. The highest BCUT2D eigenvalue weighted by molar-refractivity contribution is 5.76. The van der Waals surface area contributed by atoms with E-state index >= 15 is 0 Å². The van der Waals surface area contributed by atoms with Gasteiger partial charge in [0.2, 0.25) is 5.88 Å². The molecule has 0 saturated heterocycles. The Morgan fingerprint density at radius 3 is 2.95 bits per heavy atom. The van der Waals surface area contributed by atoms with Gasteiger partial charge < -0.3 is 14.4 Å². The summed E-state index contributed by atoms with van der Waals surface area (Å²) < 4.78 is 10.2. The van der Waals surface area contributed by atoms with Gasteiger partial charge in [-0.25, -0.2) is 4.98 Å². The predicted molar refractivity (Wildman–Crippen MR) is 73.8 cm³/mol. The number of rotatable bonds is 7. The quantitative estimate of drug-likeness (QED) is 0.830. The Kier molecular flexibility index (Phi) is 4.89. The van der Waals surface area contributed by atoms with Crippen LogP contribution in [0.2, 0.25) is 0 Å². The smallest absolute Gasteiger partial charge is 0.325 e. The fourth-order valence-electron chi connectivity index (χ4n) is 2.09. The van der Waals surface area contributed by atoms with Crippen LogP contribution >= 0.6 is 0 Å². The van der Waals surface area contributed by atoms with E-state index in [1.54, 1.807) is 36.3 Å². The normalized spacial score (nSPS) is 12.3. The molecule has 0 aliphatic heterocycles. The van der Waals surface area contributed by atoms with E-state index in [1.165, 1.54) is 6.26 Å². The maximum absolute atomic E-state index is 11.7. The maximum atomic E-state index is 11.7. The summed E-state index contributed by atoms with van der Waals surface area (Å²) in [4.78, 5) is 17.4. The number of likely N-dealkylation sites (N-methyl/N-ethyl adjacent to an activating group) is 1. The van der Waals surface area contributed by atoms with Crippen LogP contribution < -0.4 is 4.74 Å². The van der Waals surface area contributed by atoms with E-state index in [1.807, 2.05) is 6.92 Å². The average molecular weight is 291 g/mol. The zero-order valence-corrected chi connectivity index (χ0v) is 11.9. The fraction of sp³-hybridized carbons (Fsp3) is 0.357. The molecule has 2 rings (SSSR count). The van der Waals surface area contributed by atoms with Crippen molar-refractivity contribution in [3.05, 3.63) is 41.9 Å². The van der Waals surface area contributed by atoms with Crippen molar-refractivity contribution in [1.29, 1.82) is 0 Å². The van der Waals surface area contributed by atoms with Crippen LogP contribution in [0, 0.1) is 0 Å². The lowest BCUT2D eigenvalue weighted by Gasteiger charge is -2.25. The van der Waals surface area contributed by atoms with Crippen LogP contribution in [0.5, 0.6) is 5.88 Å². The molecule has 7 heteroatoms. The highest BCUT2D eigenvalue weighted by Crippen LogP contribution is 2.28. The minimum Gasteiger partial charge on any atom is -0.480 e. The summed E-state index contributed by atoms with van der Waals surface area (Å²) in [6, 6.07) is 4.22. The molecule has 1 unspecified atom stereocenters. The zero-order chi connectivity index (χ0) is 15.2. The van der Waals surface area contributed by atoms with E-state index in [2.05, 4.69) is 10.1 Å². The first-order valence-electron chi connectivity index (χ1n) is 6.53. The Labute approximate surface area is 122 Å². The van der Waals surface area contributed by atoms with Crippen LogP contribution in [0.3, 0.4) is 0 Å². The molecule has 7 nitrogen and oxygen atoms in total. The van der Waals surface area contributed by atoms with Crippen LogP contribution in [0.4, 0.5) is 0 Å². The lowest BCUT2D eigenvalue weighted by molar-refractivity contribution is -0.143. The standard InChI is InChI=1S/C14H17N3O4/c1-3-20-13-11(5-4-7-15-13)12(14(18)19)17(2)9-10-6-8-21-16-10/h4-8,12H,3,9H2,1-2H3,(H,18,19). The second kappa shape index (κ2) is 6.85. The number of hydrogen-bond acceptors (Lipinski definition) is 6. The van der Waals surface area contributed by atoms with Crippen molar-refractivity contribution >= 4 is 5.97 Å². The Hall–Kier alpha value is -2.41. The van der Waals surface area contributed by atoms with Gasteiger partial charge in [-0.3, -0.25) is 9.69 Å². The van der Waals surface area contributed by atoms with E-state index in [4.69, 9.17) is 9.26 Å². The molecular weight excluding hydrogens is 274 g/mol. The van der Waals surface area contributed by atoms with Crippen LogP contribution in [0.25, 0.3) is 0 Å². The number of hydrogen-bond donors (Lipinski definition) is 1. The highest BCUT2D eigenvalue weighted by Gasteiger charge is 2.28. The summed E-state index contributed by atoms with van der Waals surface area (Å²) in [7, 11) is 1.70. The van der Waals surface area contributed by atoms with Crippen molar-refractivity contribution in [2.24, 2.45) is 0 Å². The highest BCUT2D eigenvalue weighted by atomic mass is 16.5. The Morgan fingerprint density at radius 1 is 1.52 bits per heavy atom. The largest absolute Gasteiger partial charge is 0.480 e. The molecule has 0 aromatic carbocycles. The van der Waals surface area contributed by atoms with Gasteiger partial charge in [0.05, 0.1) is 12.3 Å². The number of carbonyl (C=O) groups is 1. The molecule has 1 atom stereocenters. The zero-order valence-electron chi connectivity index (χ0n) is 11.9. The maximum Gasteiger partial charge on any atom is 0.325 e.